The normalized spacial score (nSPS) is 14.2. The van der Waals surface area contributed by atoms with Crippen molar-refractivity contribution in [3.63, 3.8) is 0 Å². The molecule has 0 heterocycles. The van der Waals surface area contributed by atoms with E-state index in [1.54, 1.807) is 6.07 Å². The van der Waals surface area contributed by atoms with Crippen LogP contribution in [0.15, 0.2) is 24.3 Å². The highest BCUT2D eigenvalue weighted by atomic mass is 127. The zero-order chi connectivity index (χ0) is 10.1. The molecule has 1 aromatic carbocycles. The summed E-state index contributed by atoms with van der Waals surface area (Å²) in [5.41, 5.74) is -0.126. The number of benzene rings is 1. The summed E-state index contributed by atoms with van der Waals surface area (Å²) < 4.78 is 36.7. The molecule has 0 amide bonds. The van der Waals surface area contributed by atoms with E-state index in [2.05, 4.69) is 0 Å². The first kappa shape index (κ1) is 10.8. The standard InChI is InChI=1S/C8H6F3IO/c9-8(10,11)7(13)5-2-1-3-6(12)4-5/h1-4,7,13H. The van der Waals surface area contributed by atoms with Crippen LogP contribution < -0.4 is 0 Å². The van der Waals surface area contributed by atoms with E-state index in [1.807, 2.05) is 22.6 Å². The second-order valence-electron chi connectivity index (χ2n) is 2.50. The van der Waals surface area contributed by atoms with E-state index in [1.165, 1.54) is 18.2 Å². The Balaban J connectivity index is 2.96. The molecular formula is C8H6F3IO. The Bertz CT molecular complexity index is 298. The fourth-order valence-corrected chi connectivity index (χ4v) is 1.43. The molecule has 0 aliphatic heterocycles. The topological polar surface area (TPSA) is 20.2 Å². The van der Waals surface area contributed by atoms with Crippen LogP contribution in [-0.4, -0.2) is 11.3 Å². The number of hydrogen-bond donors (Lipinski definition) is 1. The molecule has 13 heavy (non-hydrogen) atoms. The first-order valence-electron chi connectivity index (χ1n) is 3.41. The van der Waals surface area contributed by atoms with E-state index in [0.29, 0.717) is 3.57 Å². The lowest BCUT2D eigenvalue weighted by molar-refractivity contribution is -0.206. The van der Waals surface area contributed by atoms with Crippen LogP contribution in [0.4, 0.5) is 13.2 Å². The number of rotatable bonds is 1. The van der Waals surface area contributed by atoms with Crippen molar-refractivity contribution in [3.05, 3.63) is 33.4 Å². The number of hydrogen-bond acceptors (Lipinski definition) is 1. The van der Waals surface area contributed by atoms with E-state index in [0.717, 1.165) is 0 Å². The molecule has 1 nitrogen and oxygen atoms in total. The molecule has 0 aliphatic carbocycles. The van der Waals surface area contributed by atoms with E-state index >= 15 is 0 Å². The maximum absolute atomic E-state index is 12.0. The second kappa shape index (κ2) is 3.83. The van der Waals surface area contributed by atoms with Gasteiger partial charge in [0.15, 0.2) is 6.10 Å². The zero-order valence-corrected chi connectivity index (χ0v) is 8.50. The van der Waals surface area contributed by atoms with Gasteiger partial charge in [-0.25, -0.2) is 0 Å². The maximum Gasteiger partial charge on any atom is 0.418 e. The molecule has 1 unspecified atom stereocenters. The second-order valence-corrected chi connectivity index (χ2v) is 3.74. The molecule has 0 radical (unpaired) electrons. The minimum atomic E-state index is -4.59. The molecule has 0 aliphatic rings. The van der Waals surface area contributed by atoms with Gasteiger partial charge in [0, 0.05) is 3.57 Å². The van der Waals surface area contributed by atoms with Crippen LogP contribution in [0.25, 0.3) is 0 Å². The van der Waals surface area contributed by atoms with Crippen LogP contribution >= 0.6 is 22.6 Å². The van der Waals surface area contributed by atoms with Gasteiger partial charge in [0.05, 0.1) is 0 Å². The molecule has 1 atom stereocenters. The van der Waals surface area contributed by atoms with E-state index < -0.39 is 12.3 Å². The Morgan fingerprint density at radius 2 is 1.92 bits per heavy atom. The summed E-state index contributed by atoms with van der Waals surface area (Å²) in [4.78, 5) is 0. The van der Waals surface area contributed by atoms with Crippen molar-refractivity contribution < 1.29 is 18.3 Å². The van der Waals surface area contributed by atoms with Crippen molar-refractivity contribution in [1.82, 2.24) is 0 Å². The number of halogens is 4. The lowest BCUT2D eigenvalue weighted by atomic mass is 10.1. The highest BCUT2D eigenvalue weighted by Crippen LogP contribution is 2.32. The van der Waals surface area contributed by atoms with Gasteiger partial charge in [0.25, 0.3) is 0 Å². The third kappa shape index (κ3) is 2.84. The van der Waals surface area contributed by atoms with Gasteiger partial charge in [0.1, 0.15) is 0 Å². The first-order valence-corrected chi connectivity index (χ1v) is 4.49. The van der Waals surface area contributed by atoms with Crippen molar-refractivity contribution in [2.45, 2.75) is 12.3 Å². The van der Waals surface area contributed by atoms with Gasteiger partial charge in [0.2, 0.25) is 0 Å². The molecule has 0 saturated heterocycles. The molecule has 0 bridgehead atoms. The van der Waals surface area contributed by atoms with Gasteiger partial charge in [-0.05, 0) is 40.3 Å². The first-order chi connectivity index (χ1) is 5.91. The van der Waals surface area contributed by atoms with Gasteiger partial charge in [-0.2, -0.15) is 13.2 Å². The summed E-state index contributed by atoms with van der Waals surface area (Å²) in [6.45, 7) is 0. The van der Waals surface area contributed by atoms with Gasteiger partial charge >= 0.3 is 6.18 Å². The fourth-order valence-electron chi connectivity index (χ4n) is 0.866. The molecule has 0 spiro atoms. The predicted octanol–water partition coefficient (Wildman–Crippen LogP) is 2.89. The molecule has 0 saturated carbocycles. The van der Waals surface area contributed by atoms with Gasteiger partial charge in [-0.3, -0.25) is 0 Å². The van der Waals surface area contributed by atoms with E-state index in [4.69, 9.17) is 5.11 Å². The summed E-state index contributed by atoms with van der Waals surface area (Å²) in [7, 11) is 0. The maximum atomic E-state index is 12.0. The van der Waals surface area contributed by atoms with Gasteiger partial charge in [-0.15, -0.1) is 0 Å². The minimum absolute atomic E-state index is 0.126. The van der Waals surface area contributed by atoms with Crippen molar-refractivity contribution in [2.75, 3.05) is 0 Å². The molecule has 72 valence electrons. The van der Waals surface area contributed by atoms with Crippen molar-refractivity contribution in [2.24, 2.45) is 0 Å². The summed E-state index contributed by atoms with van der Waals surface area (Å²) in [5, 5.41) is 8.85. The summed E-state index contributed by atoms with van der Waals surface area (Å²) in [5.74, 6) is 0. The van der Waals surface area contributed by atoms with Crippen LogP contribution in [0.5, 0.6) is 0 Å². The SMILES string of the molecule is OC(c1cccc(I)c1)C(F)(F)F. The molecule has 1 rings (SSSR count). The third-order valence-corrected chi connectivity index (χ3v) is 2.15. The van der Waals surface area contributed by atoms with Crippen LogP contribution in [-0.2, 0) is 0 Å². The van der Waals surface area contributed by atoms with Crippen molar-refractivity contribution in [3.8, 4) is 0 Å². The van der Waals surface area contributed by atoms with Crippen molar-refractivity contribution in [1.29, 1.82) is 0 Å². The molecule has 0 fully saturated rings. The average Bonchev–Trinajstić information content (AvgIpc) is 2.01. The van der Waals surface area contributed by atoms with Crippen molar-refractivity contribution >= 4 is 22.6 Å². The predicted molar refractivity (Wildman–Crippen MR) is 50.2 cm³/mol. The Labute approximate surface area is 86.7 Å². The van der Waals surface area contributed by atoms with E-state index in [-0.39, 0.29) is 5.56 Å². The monoisotopic (exact) mass is 302 g/mol. The quantitative estimate of drug-likeness (QED) is 0.791. The van der Waals surface area contributed by atoms with Crippen LogP contribution in [0, 0.1) is 3.57 Å². The summed E-state index contributed by atoms with van der Waals surface area (Å²) in [6.07, 6.45) is -6.98. The minimum Gasteiger partial charge on any atom is -0.379 e. The molecule has 5 heteroatoms. The van der Waals surface area contributed by atoms with Gasteiger partial charge in [-0.1, -0.05) is 12.1 Å². The van der Waals surface area contributed by atoms with Gasteiger partial charge < -0.3 is 5.11 Å². The Morgan fingerprint density at radius 1 is 1.31 bits per heavy atom. The third-order valence-electron chi connectivity index (χ3n) is 1.47. The highest BCUT2D eigenvalue weighted by Gasteiger charge is 2.39. The Morgan fingerprint density at radius 3 is 2.38 bits per heavy atom. The van der Waals surface area contributed by atoms with Crippen LogP contribution in [0.3, 0.4) is 0 Å². The lowest BCUT2D eigenvalue weighted by Crippen LogP contribution is -2.20. The van der Waals surface area contributed by atoms with Crippen LogP contribution in [0.1, 0.15) is 11.7 Å². The number of aliphatic hydroxyl groups is 1. The molecular weight excluding hydrogens is 296 g/mol. The average molecular weight is 302 g/mol. The summed E-state index contributed by atoms with van der Waals surface area (Å²) >= 11 is 1.89. The largest absolute Gasteiger partial charge is 0.418 e. The van der Waals surface area contributed by atoms with Crippen LogP contribution in [0.2, 0.25) is 0 Å². The Hall–Kier alpha value is -0.300. The number of alkyl halides is 3. The fraction of sp³-hybridized carbons (Fsp3) is 0.250. The Kier molecular flexibility index (Phi) is 3.18. The van der Waals surface area contributed by atoms with E-state index in [9.17, 15) is 13.2 Å². The lowest BCUT2D eigenvalue weighted by Gasteiger charge is -2.14. The smallest absolute Gasteiger partial charge is 0.379 e. The molecule has 1 aromatic rings. The highest BCUT2D eigenvalue weighted by molar-refractivity contribution is 14.1. The zero-order valence-electron chi connectivity index (χ0n) is 6.35. The summed E-state index contributed by atoms with van der Waals surface area (Å²) in [6, 6.07) is 5.69. The number of aliphatic hydroxyl groups excluding tert-OH is 1. The molecule has 1 N–H and O–H groups in total. The molecule has 0 aromatic heterocycles.